The topological polar surface area (TPSA) is 103 Å². The minimum atomic E-state index is -4.23. The van der Waals surface area contributed by atoms with Crippen LogP contribution in [0.5, 0.6) is 5.75 Å². The van der Waals surface area contributed by atoms with E-state index in [0.717, 1.165) is 21.5 Å². The number of rotatable bonds is 10. The van der Waals surface area contributed by atoms with Crippen molar-refractivity contribution in [1.29, 1.82) is 0 Å². The molecule has 16 heteroatoms. The van der Waals surface area contributed by atoms with E-state index in [9.17, 15) is 17.4 Å². The van der Waals surface area contributed by atoms with Crippen LogP contribution < -0.4 is 4.74 Å². The van der Waals surface area contributed by atoms with Gasteiger partial charge in [-0.1, -0.05) is 47.5 Å². The number of benzene rings is 3. The number of carbonyl (C=O) groups is 1. The van der Waals surface area contributed by atoms with Crippen molar-refractivity contribution in [3.63, 3.8) is 0 Å². The zero-order valence-electron chi connectivity index (χ0n) is 27.5. The van der Waals surface area contributed by atoms with Crippen LogP contribution in [-0.4, -0.2) is 109 Å². The molecule has 3 atom stereocenters. The molecule has 0 spiro atoms. The molecule has 0 N–H and O–H groups in total. The molecule has 10 nitrogen and oxygen atoms in total. The highest BCUT2D eigenvalue weighted by atomic mass is 35.5. The number of hydrogen-bond donors (Lipinski definition) is 0. The number of amides is 2. The third kappa shape index (κ3) is 8.58. The molecule has 0 bridgehead atoms. The van der Waals surface area contributed by atoms with Crippen molar-refractivity contribution >= 4 is 68.3 Å². The lowest BCUT2D eigenvalue weighted by atomic mass is 9.93. The summed E-state index contributed by atoms with van der Waals surface area (Å²) in [5.41, 5.74) is 1.65. The van der Waals surface area contributed by atoms with Crippen LogP contribution in [0.1, 0.15) is 35.7 Å². The molecule has 0 aromatic heterocycles. The Labute approximate surface area is 305 Å². The number of sulfonamides is 1. The van der Waals surface area contributed by atoms with Crippen molar-refractivity contribution in [2.24, 2.45) is 4.99 Å². The zero-order valence-corrected chi connectivity index (χ0v) is 31.5. The van der Waals surface area contributed by atoms with Gasteiger partial charge < -0.3 is 9.64 Å². The molecule has 3 aromatic carbocycles. The van der Waals surface area contributed by atoms with E-state index >= 15 is 4.39 Å². The Bertz CT molecular complexity index is 1810. The predicted molar refractivity (Wildman–Crippen MR) is 195 cm³/mol. The summed E-state index contributed by atoms with van der Waals surface area (Å²) in [6, 6.07) is 14.8. The Morgan fingerprint density at radius 1 is 1.00 bits per heavy atom. The van der Waals surface area contributed by atoms with Gasteiger partial charge in [-0.15, -0.1) is 12.4 Å². The first kappa shape index (κ1) is 39.0. The number of amidine groups is 1. The second-order valence-electron chi connectivity index (χ2n) is 11.7. The lowest BCUT2D eigenvalue weighted by molar-refractivity contribution is 0.122. The van der Waals surface area contributed by atoms with Crippen LogP contribution in [0.2, 0.25) is 10.0 Å². The third-order valence-corrected chi connectivity index (χ3v) is 11.5. The number of carbonyl (C=O) groups excluding carboxylic acids is 1. The lowest BCUT2D eigenvalue weighted by Crippen LogP contribution is -2.54. The molecular formula is C33H39Cl3FN5O5S2. The molecule has 1 unspecified atom stereocenters. The highest BCUT2D eigenvalue weighted by Gasteiger charge is 2.45. The maximum Gasteiger partial charge on any atom is 0.326 e. The van der Waals surface area contributed by atoms with Crippen molar-refractivity contribution < 1.29 is 26.5 Å². The Morgan fingerprint density at radius 2 is 1.57 bits per heavy atom. The standard InChI is InChI=1S/C33H38Cl2FN5O5S2.ClH/c1-5-46-28-21-27(36)29(48(44,45)38(2)3)20-26(28)32-37-30(22-6-10-24(34)11-7-22)31(23-8-12-25(35)13-9-23)41(32)33(42)40-16-14-39(15-17-40)18-19-47(4)43;/h6-13,20-21,30-31H,5,14-19H2,1-4H3;1H/t30-,31+,47?;/m0./s1. The number of hydrogen-bond acceptors (Lipinski definition) is 7. The van der Waals surface area contributed by atoms with Gasteiger partial charge in [0.05, 0.1) is 18.2 Å². The smallest absolute Gasteiger partial charge is 0.326 e. The molecule has 0 aliphatic carbocycles. The quantitative estimate of drug-likeness (QED) is 0.256. The van der Waals surface area contributed by atoms with Gasteiger partial charge in [-0.05, 0) is 48.4 Å². The van der Waals surface area contributed by atoms with Gasteiger partial charge in [0.15, 0.2) is 0 Å². The summed E-state index contributed by atoms with van der Waals surface area (Å²) in [7, 11) is -2.52. The van der Waals surface area contributed by atoms with Crippen molar-refractivity contribution in [2.45, 2.75) is 23.9 Å². The van der Waals surface area contributed by atoms with Gasteiger partial charge in [-0.2, -0.15) is 0 Å². The molecule has 266 valence electrons. The lowest BCUT2D eigenvalue weighted by Gasteiger charge is -2.39. The Hall–Kier alpha value is -2.78. The first-order chi connectivity index (χ1) is 22.8. The third-order valence-electron chi connectivity index (χ3n) is 8.37. The second kappa shape index (κ2) is 16.5. The minimum Gasteiger partial charge on any atom is -0.493 e. The summed E-state index contributed by atoms with van der Waals surface area (Å²) < 4.78 is 60.5. The van der Waals surface area contributed by atoms with E-state index in [1.54, 1.807) is 47.2 Å². The van der Waals surface area contributed by atoms with E-state index in [4.69, 9.17) is 32.9 Å². The zero-order chi connectivity index (χ0) is 34.7. The molecular weight excluding hydrogens is 736 g/mol. The van der Waals surface area contributed by atoms with E-state index in [2.05, 4.69) is 4.90 Å². The molecule has 2 aliphatic heterocycles. The molecule has 2 heterocycles. The molecule has 2 amide bonds. The van der Waals surface area contributed by atoms with Gasteiger partial charge in [0.25, 0.3) is 0 Å². The summed E-state index contributed by atoms with van der Waals surface area (Å²) in [6.45, 7) is 4.51. The first-order valence-corrected chi connectivity index (χ1v) is 19.3. The number of halogens is 4. The van der Waals surface area contributed by atoms with Crippen molar-refractivity contribution in [3.05, 3.63) is 93.2 Å². The summed E-state index contributed by atoms with van der Waals surface area (Å²) in [6.07, 6.45) is 1.67. The predicted octanol–water partition coefficient (Wildman–Crippen LogP) is 5.86. The molecule has 1 saturated heterocycles. The van der Waals surface area contributed by atoms with Crippen molar-refractivity contribution in [3.8, 4) is 5.75 Å². The van der Waals surface area contributed by atoms with Crippen LogP contribution in [-0.2, 0) is 20.8 Å². The van der Waals surface area contributed by atoms with Crippen LogP contribution in [0.15, 0.2) is 70.6 Å². The maximum atomic E-state index is 15.5. The Kier molecular flexibility index (Phi) is 13.1. The second-order valence-corrected chi connectivity index (χ2v) is 16.3. The fraction of sp³-hybridized carbons (Fsp3) is 0.394. The van der Waals surface area contributed by atoms with Crippen LogP contribution >= 0.6 is 35.6 Å². The van der Waals surface area contributed by atoms with Crippen molar-refractivity contribution in [1.82, 2.24) is 19.0 Å². The number of piperazine rings is 1. The molecule has 1 fully saturated rings. The van der Waals surface area contributed by atoms with Gasteiger partial charge in [-0.3, -0.25) is 19.0 Å². The Balaban J connectivity index is 0.00000541. The number of ether oxygens (including phenoxy) is 1. The number of aliphatic imine (C=N–C) groups is 1. The largest absolute Gasteiger partial charge is 0.493 e. The average Bonchev–Trinajstić information content (AvgIpc) is 3.44. The van der Waals surface area contributed by atoms with E-state index in [-0.39, 0.29) is 42.2 Å². The summed E-state index contributed by atoms with van der Waals surface area (Å²) in [5.74, 6) is -0.253. The van der Waals surface area contributed by atoms with Gasteiger partial charge >= 0.3 is 6.03 Å². The molecule has 5 rings (SSSR count). The summed E-state index contributed by atoms with van der Waals surface area (Å²) >= 11 is 12.5. The van der Waals surface area contributed by atoms with Crippen LogP contribution in [0.3, 0.4) is 0 Å². The monoisotopic (exact) mass is 773 g/mol. The van der Waals surface area contributed by atoms with Gasteiger partial charge in [0.1, 0.15) is 28.3 Å². The fourth-order valence-corrected chi connectivity index (χ4v) is 7.54. The average molecular weight is 775 g/mol. The Morgan fingerprint density at radius 3 is 2.10 bits per heavy atom. The molecule has 49 heavy (non-hydrogen) atoms. The van der Waals surface area contributed by atoms with E-state index in [1.165, 1.54) is 20.2 Å². The highest BCUT2D eigenvalue weighted by Crippen LogP contribution is 2.46. The van der Waals surface area contributed by atoms with Gasteiger partial charge in [-0.25, -0.2) is 21.9 Å². The van der Waals surface area contributed by atoms with Crippen molar-refractivity contribution in [2.75, 3.05) is 65.4 Å². The van der Waals surface area contributed by atoms with Crippen LogP contribution in [0, 0.1) is 5.82 Å². The first-order valence-electron chi connectivity index (χ1n) is 15.4. The van der Waals surface area contributed by atoms with E-state index in [1.807, 2.05) is 24.3 Å². The highest BCUT2D eigenvalue weighted by molar-refractivity contribution is 7.89. The van der Waals surface area contributed by atoms with Gasteiger partial charge in [0, 0.05) is 85.7 Å². The maximum absolute atomic E-state index is 15.5. The fourth-order valence-electron chi connectivity index (χ4n) is 5.81. The number of nitrogens with zero attached hydrogens (tertiary/aromatic N) is 5. The molecule has 0 saturated carbocycles. The number of urea groups is 1. The van der Waals surface area contributed by atoms with Gasteiger partial charge in [0.2, 0.25) is 10.0 Å². The van der Waals surface area contributed by atoms with E-state index < -0.39 is 43.6 Å². The van der Waals surface area contributed by atoms with Crippen LogP contribution in [0.25, 0.3) is 0 Å². The van der Waals surface area contributed by atoms with Crippen LogP contribution in [0.4, 0.5) is 9.18 Å². The molecule has 2 aliphatic rings. The van der Waals surface area contributed by atoms with E-state index in [0.29, 0.717) is 48.5 Å². The normalized spacial score (nSPS) is 19.1. The molecule has 3 aromatic rings. The SMILES string of the molecule is CCOc1cc(F)c(S(=O)(=O)N(C)C)cc1C1=N[C@@H](c2ccc(Cl)cc2)[C@@H](c2ccc(Cl)cc2)N1C(=O)N1CCN(CCS(C)=O)CC1.Cl. The summed E-state index contributed by atoms with van der Waals surface area (Å²) in [5, 5.41) is 1.04. The summed E-state index contributed by atoms with van der Waals surface area (Å²) in [4.78, 5) is 24.8. The molecule has 0 radical (unpaired) electrons. The minimum absolute atomic E-state index is 0.